The molecule has 0 heterocycles. The van der Waals surface area contributed by atoms with Gasteiger partial charge in [-0.1, -0.05) is 63.0 Å². The number of aryl methyl sites for hydroxylation is 1. The summed E-state index contributed by atoms with van der Waals surface area (Å²) in [6, 6.07) is 15.5. The molecule has 1 N–H and O–H groups in total. The molecule has 2 rings (SSSR count). The van der Waals surface area contributed by atoms with E-state index in [2.05, 4.69) is 86.6 Å². The molecule has 0 aliphatic heterocycles. The largest absolute Gasteiger partial charge is 0.313 e. The molecule has 106 valence electrons. The lowest BCUT2D eigenvalue weighted by molar-refractivity contribution is 0.589. The van der Waals surface area contributed by atoms with Crippen molar-refractivity contribution in [3.05, 3.63) is 68.1 Å². The fourth-order valence-electron chi connectivity index (χ4n) is 2.30. The molecular weight excluding hydrogens is 378 g/mol. The molecule has 0 bridgehead atoms. The van der Waals surface area contributed by atoms with Gasteiger partial charge in [0, 0.05) is 15.0 Å². The van der Waals surface area contributed by atoms with Gasteiger partial charge in [-0.2, -0.15) is 0 Å². The first-order valence-electron chi connectivity index (χ1n) is 6.84. The highest BCUT2D eigenvalue weighted by Crippen LogP contribution is 2.29. The third kappa shape index (κ3) is 3.94. The highest BCUT2D eigenvalue weighted by atomic mass is 79.9. The van der Waals surface area contributed by atoms with Crippen LogP contribution in [0.1, 0.15) is 29.7 Å². The van der Waals surface area contributed by atoms with Crippen molar-refractivity contribution in [2.24, 2.45) is 0 Å². The summed E-state index contributed by atoms with van der Waals surface area (Å²) >= 11 is 7.20. The first-order valence-corrected chi connectivity index (χ1v) is 8.42. The van der Waals surface area contributed by atoms with Gasteiger partial charge in [-0.25, -0.2) is 0 Å². The van der Waals surface area contributed by atoms with E-state index < -0.39 is 0 Å². The average molecular weight is 397 g/mol. The quantitative estimate of drug-likeness (QED) is 0.725. The molecule has 0 aliphatic carbocycles. The van der Waals surface area contributed by atoms with Gasteiger partial charge in [0.15, 0.2) is 0 Å². The number of nitrogens with one attached hydrogen (secondary N) is 1. The van der Waals surface area contributed by atoms with Gasteiger partial charge in [0.1, 0.15) is 0 Å². The molecular formula is C17H19Br2N. The van der Waals surface area contributed by atoms with E-state index in [0.717, 1.165) is 21.8 Å². The van der Waals surface area contributed by atoms with Crippen LogP contribution >= 0.6 is 31.9 Å². The van der Waals surface area contributed by atoms with E-state index in [1.165, 1.54) is 16.7 Å². The van der Waals surface area contributed by atoms with Crippen LogP contribution in [-0.4, -0.2) is 7.05 Å². The van der Waals surface area contributed by atoms with Crippen LogP contribution < -0.4 is 5.32 Å². The van der Waals surface area contributed by atoms with Crippen molar-refractivity contribution < 1.29 is 0 Å². The van der Waals surface area contributed by atoms with Crippen LogP contribution in [0.2, 0.25) is 0 Å². The predicted molar refractivity (Wildman–Crippen MR) is 93.2 cm³/mol. The van der Waals surface area contributed by atoms with Crippen LogP contribution in [0.4, 0.5) is 0 Å². The molecule has 0 aliphatic rings. The topological polar surface area (TPSA) is 12.0 Å². The van der Waals surface area contributed by atoms with E-state index in [-0.39, 0.29) is 0 Å². The zero-order chi connectivity index (χ0) is 14.5. The fourth-order valence-corrected chi connectivity index (χ4v) is 3.20. The van der Waals surface area contributed by atoms with E-state index in [4.69, 9.17) is 0 Å². The minimum Gasteiger partial charge on any atom is -0.313 e. The van der Waals surface area contributed by atoms with E-state index >= 15 is 0 Å². The Labute approximate surface area is 138 Å². The van der Waals surface area contributed by atoms with Gasteiger partial charge in [0.25, 0.3) is 0 Å². The molecule has 1 nitrogen and oxygen atoms in total. The molecule has 2 aromatic rings. The van der Waals surface area contributed by atoms with Gasteiger partial charge in [-0.05, 0) is 54.8 Å². The van der Waals surface area contributed by atoms with Gasteiger partial charge >= 0.3 is 0 Å². The molecule has 0 amide bonds. The Morgan fingerprint density at radius 3 is 2.25 bits per heavy atom. The standard InChI is InChI=1S/C17H19Br2N/c1-3-12-4-6-13(7-5-12)10-17(20-2)15-11-14(18)8-9-16(15)19/h4-9,11,17,20H,3,10H2,1-2H3. The Morgan fingerprint density at radius 1 is 1.00 bits per heavy atom. The summed E-state index contributed by atoms with van der Waals surface area (Å²) in [7, 11) is 2.01. The minimum atomic E-state index is 0.300. The molecule has 0 fully saturated rings. The first-order chi connectivity index (χ1) is 9.63. The summed E-state index contributed by atoms with van der Waals surface area (Å²) in [5, 5.41) is 3.41. The van der Waals surface area contributed by atoms with Crippen molar-refractivity contribution in [1.82, 2.24) is 5.32 Å². The van der Waals surface area contributed by atoms with E-state index in [1.54, 1.807) is 0 Å². The molecule has 0 aromatic heterocycles. The van der Waals surface area contributed by atoms with Gasteiger partial charge in [0.05, 0.1) is 0 Å². The molecule has 0 saturated heterocycles. The molecule has 1 atom stereocenters. The SMILES string of the molecule is CCc1ccc(CC(NC)c2cc(Br)ccc2Br)cc1. The highest BCUT2D eigenvalue weighted by molar-refractivity contribution is 9.11. The molecule has 3 heteroatoms. The highest BCUT2D eigenvalue weighted by Gasteiger charge is 2.13. The van der Waals surface area contributed by atoms with E-state index in [9.17, 15) is 0 Å². The molecule has 20 heavy (non-hydrogen) atoms. The Hall–Kier alpha value is -0.640. The van der Waals surface area contributed by atoms with Crippen molar-refractivity contribution in [2.45, 2.75) is 25.8 Å². The maximum Gasteiger partial charge on any atom is 0.0370 e. The average Bonchev–Trinajstić information content (AvgIpc) is 2.48. The Kier molecular flexibility index (Phi) is 5.82. The Morgan fingerprint density at radius 2 is 1.65 bits per heavy atom. The van der Waals surface area contributed by atoms with Gasteiger partial charge in [-0.3, -0.25) is 0 Å². The molecule has 0 saturated carbocycles. The van der Waals surface area contributed by atoms with Crippen molar-refractivity contribution in [3.8, 4) is 0 Å². The lowest BCUT2D eigenvalue weighted by Crippen LogP contribution is -2.19. The Bertz CT molecular complexity index is 564. The van der Waals surface area contributed by atoms with Crippen molar-refractivity contribution in [1.29, 1.82) is 0 Å². The smallest absolute Gasteiger partial charge is 0.0370 e. The first kappa shape index (κ1) is 15.7. The number of hydrogen-bond donors (Lipinski definition) is 1. The van der Waals surface area contributed by atoms with E-state index in [0.29, 0.717) is 6.04 Å². The van der Waals surface area contributed by atoms with Crippen LogP contribution in [0, 0.1) is 0 Å². The third-order valence-electron chi connectivity index (χ3n) is 3.55. The van der Waals surface area contributed by atoms with Crippen LogP contribution in [0.25, 0.3) is 0 Å². The normalized spacial score (nSPS) is 12.4. The number of benzene rings is 2. The lowest BCUT2D eigenvalue weighted by Gasteiger charge is -2.19. The molecule has 2 aromatic carbocycles. The van der Waals surface area contributed by atoms with Gasteiger partial charge in [0.2, 0.25) is 0 Å². The van der Waals surface area contributed by atoms with Crippen LogP contribution in [0.3, 0.4) is 0 Å². The predicted octanol–water partition coefficient (Wildman–Crippen LogP) is 5.28. The monoisotopic (exact) mass is 395 g/mol. The van der Waals surface area contributed by atoms with Crippen LogP contribution in [0.5, 0.6) is 0 Å². The fraction of sp³-hybridized carbons (Fsp3) is 0.294. The summed E-state index contributed by atoms with van der Waals surface area (Å²) in [5.74, 6) is 0. The number of rotatable bonds is 5. The van der Waals surface area contributed by atoms with Crippen LogP contribution in [-0.2, 0) is 12.8 Å². The van der Waals surface area contributed by atoms with Crippen molar-refractivity contribution in [3.63, 3.8) is 0 Å². The molecule has 0 spiro atoms. The summed E-state index contributed by atoms with van der Waals surface area (Å²) in [4.78, 5) is 0. The lowest BCUT2D eigenvalue weighted by atomic mass is 9.98. The van der Waals surface area contributed by atoms with E-state index in [1.807, 2.05) is 7.05 Å². The third-order valence-corrected chi connectivity index (χ3v) is 4.77. The second-order valence-electron chi connectivity index (χ2n) is 4.88. The summed E-state index contributed by atoms with van der Waals surface area (Å²) < 4.78 is 2.25. The Balaban J connectivity index is 2.21. The van der Waals surface area contributed by atoms with Gasteiger partial charge in [-0.15, -0.1) is 0 Å². The van der Waals surface area contributed by atoms with Crippen LogP contribution in [0.15, 0.2) is 51.4 Å². The number of hydrogen-bond acceptors (Lipinski definition) is 1. The maximum atomic E-state index is 3.65. The summed E-state index contributed by atoms with van der Waals surface area (Å²) in [6.07, 6.45) is 2.07. The number of halogens is 2. The number of likely N-dealkylation sites (N-methyl/N-ethyl adjacent to an activating group) is 1. The maximum absolute atomic E-state index is 3.65. The van der Waals surface area contributed by atoms with Gasteiger partial charge < -0.3 is 5.32 Å². The zero-order valence-corrected chi connectivity index (χ0v) is 15.0. The summed E-state index contributed by atoms with van der Waals surface area (Å²) in [5.41, 5.74) is 4.02. The zero-order valence-electron chi connectivity index (χ0n) is 11.8. The minimum absolute atomic E-state index is 0.300. The molecule has 0 radical (unpaired) electrons. The van der Waals surface area contributed by atoms with Crippen molar-refractivity contribution in [2.75, 3.05) is 7.05 Å². The second kappa shape index (κ2) is 7.39. The molecule has 1 unspecified atom stereocenters. The second-order valence-corrected chi connectivity index (χ2v) is 6.65. The van der Waals surface area contributed by atoms with Crippen molar-refractivity contribution >= 4 is 31.9 Å². The summed E-state index contributed by atoms with van der Waals surface area (Å²) in [6.45, 7) is 2.18.